The zero-order chi connectivity index (χ0) is 13.4. The van der Waals surface area contributed by atoms with Crippen molar-refractivity contribution in [1.29, 1.82) is 0 Å². The molecule has 100 valence electrons. The van der Waals surface area contributed by atoms with Gasteiger partial charge < -0.3 is 10.6 Å². The number of rotatable bonds is 4. The molecule has 1 heterocycles. The standard InChI is InChI=1S/C12H19N3O2S/c1-3-12(13)8-15(9-12)10-4-6-11(7-5-10)18(16,17)14-2/h4-7,14H,3,8-9,13H2,1-2H3. The normalized spacial score (nSPS) is 18.5. The Balaban J connectivity index is 2.11. The van der Waals surface area contributed by atoms with E-state index in [0.29, 0.717) is 0 Å². The minimum absolute atomic E-state index is 0.0876. The smallest absolute Gasteiger partial charge is 0.240 e. The van der Waals surface area contributed by atoms with Crippen LogP contribution in [0.25, 0.3) is 0 Å². The molecule has 0 bridgehead atoms. The predicted molar refractivity (Wildman–Crippen MR) is 72.1 cm³/mol. The van der Waals surface area contributed by atoms with Crippen LogP contribution in [0.1, 0.15) is 13.3 Å². The van der Waals surface area contributed by atoms with Gasteiger partial charge in [-0.2, -0.15) is 0 Å². The number of nitrogens with zero attached hydrogens (tertiary/aromatic N) is 1. The number of hydrogen-bond donors (Lipinski definition) is 2. The van der Waals surface area contributed by atoms with Gasteiger partial charge in [-0.25, -0.2) is 13.1 Å². The van der Waals surface area contributed by atoms with E-state index >= 15 is 0 Å². The summed E-state index contributed by atoms with van der Waals surface area (Å²) in [7, 11) is -1.94. The highest BCUT2D eigenvalue weighted by atomic mass is 32.2. The third kappa shape index (κ3) is 2.36. The molecule has 1 aliphatic rings. The second-order valence-electron chi connectivity index (χ2n) is 4.77. The summed E-state index contributed by atoms with van der Waals surface area (Å²) in [5.41, 5.74) is 7.03. The first-order valence-electron chi connectivity index (χ1n) is 5.98. The maximum absolute atomic E-state index is 11.6. The Hall–Kier alpha value is -1.11. The van der Waals surface area contributed by atoms with Gasteiger partial charge in [0.2, 0.25) is 10.0 Å². The molecule has 1 aromatic rings. The van der Waals surface area contributed by atoms with Crippen molar-refractivity contribution in [1.82, 2.24) is 4.72 Å². The number of anilines is 1. The van der Waals surface area contributed by atoms with Gasteiger partial charge in [-0.15, -0.1) is 0 Å². The summed E-state index contributed by atoms with van der Waals surface area (Å²) in [6, 6.07) is 6.87. The Morgan fingerprint density at radius 2 is 1.89 bits per heavy atom. The third-order valence-electron chi connectivity index (χ3n) is 3.50. The minimum Gasteiger partial charge on any atom is -0.368 e. The van der Waals surface area contributed by atoms with E-state index in [9.17, 15) is 8.42 Å². The van der Waals surface area contributed by atoms with E-state index in [2.05, 4.69) is 16.5 Å². The van der Waals surface area contributed by atoms with Crippen LogP contribution in [0.5, 0.6) is 0 Å². The summed E-state index contributed by atoms with van der Waals surface area (Å²) >= 11 is 0. The monoisotopic (exact) mass is 269 g/mol. The summed E-state index contributed by atoms with van der Waals surface area (Å²) in [5, 5.41) is 0. The molecule has 0 aromatic heterocycles. The molecular formula is C12H19N3O2S. The summed E-state index contributed by atoms with van der Waals surface area (Å²) < 4.78 is 25.4. The Labute approximate surface area is 108 Å². The van der Waals surface area contributed by atoms with Crippen LogP contribution in [0.2, 0.25) is 0 Å². The van der Waals surface area contributed by atoms with Crippen molar-refractivity contribution in [3.05, 3.63) is 24.3 Å². The van der Waals surface area contributed by atoms with Crippen LogP contribution in [0.15, 0.2) is 29.2 Å². The number of hydrogen-bond acceptors (Lipinski definition) is 4. The lowest BCUT2D eigenvalue weighted by molar-refractivity contribution is 0.322. The van der Waals surface area contributed by atoms with Gasteiger partial charge >= 0.3 is 0 Å². The van der Waals surface area contributed by atoms with Crippen molar-refractivity contribution in [3.8, 4) is 0 Å². The summed E-state index contributed by atoms with van der Waals surface area (Å²) in [6.07, 6.45) is 0.954. The van der Waals surface area contributed by atoms with Crippen molar-refractivity contribution in [2.45, 2.75) is 23.8 Å². The van der Waals surface area contributed by atoms with Crippen molar-refractivity contribution in [3.63, 3.8) is 0 Å². The molecule has 1 aliphatic heterocycles. The summed E-state index contributed by atoms with van der Waals surface area (Å²) in [5.74, 6) is 0. The van der Waals surface area contributed by atoms with E-state index in [0.717, 1.165) is 25.2 Å². The number of sulfonamides is 1. The molecule has 0 unspecified atom stereocenters. The lowest BCUT2D eigenvalue weighted by Gasteiger charge is -2.48. The van der Waals surface area contributed by atoms with Gasteiger partial charge in [0.15, 0.2) is 0 Å². The van der Waals surface area contributed by atoms with Crippen LogP contribution in [0.4, 0.5) is 5.69 Å². The van der Waals surface area contributed by atoms with Crippen LogP contribution < -0.4 is 15.4 Å². The van der Waals surface area contributed by atoms with Crippen LogP contribution in [0, 0.1) is 0 Å². The fourth-order valence-corrected chi connectivity index (χ4v) is 2.80. The highest BCUT2D eigenvalue weighted by Crippen LogP contribution is 2.28. The molecule has 5 nitrogen and oxygen atoms in total. The molecule has 1 aromatic carbocycles. The lowest BCUT2D eigenvalue weighted by Crippen LogP contribution is -2.67. The zero-order valence-corrected chi connectivity index (χ0v) is 11.5. The molecule has 0 aliphatic carbocycles. The Kier molecular flexibility index (Phi) is 3.35. The average molecular weight is 269 g/mol. The Morgan fingerprint density at radius 1 is 1.33 bits per heavy atom. The van der Waals surface area contributed by atoms with Crippen LogP contribution in [0.3, 0.4) is 0 Å². The highest BCUT2D eigenvalue weighted by Gasteiger charge is 2.37. The molecule has 1 saturated heterocycles. The quantitative estimate of drug-likeness (QED) is 0.835. The molecule has 18 heavy (non-hydrogen) atoms. The molecule has 6 heteroatoms. The van der Waals surface area contributed by atoms with Gasteiger partial charge in [-0.1, -0.05) is 6.92 Å². The maximum Gasteiger partial charge on any atom is 0.240 e. The third-order valence-corrected chi connectivity index (χ3v) is 4.93. The Bertz CT molecular complexity index is 519. The van der Waals surface area contributed by atoms with Crippen molar-refractivity contribution >= 4 is 15.7 Å². The van der Waals surface area contributed by atoms with Crippen LogP contribution in [-0.4, -0.2) is 34.1 Å². The SMILES string of the molecule is CCC1(N)CN(c2ccc(S(=O)(=O)NC)cc2)C1. The van der Waals surface area contributed by atoms with Gasteiger partial charge in [0, 0.05) is 18.8 Å². The molecule has 0 spiro atoms. The topological polar surface area (TPSA) is 75.4 Å². The molecule has 2 rings (SSSR count). The van der Waals surface area contributed by atoms with Crippen molar-refractivity contribution in [2.24, 2.45) is 5.73 Å². The van der Waals surface area contributed by atoms with Gasteiger partial charge in [-0.3, -0.25) is 0 Å². The fourth-order valence-electron chi connectivity index (χ4n) is 2.07. The van der Waals surface area contributed by atoms with E-state index in [1.54, 1.807) is 12.1 Å². The van der Waals surface area contributed by atoms with E-state index in [-0.39, 0.29) is 10.4 Å². The van der Waals surface area contributed by atoms with E-state index < -0.39 is 10.0 Å². The first-order chi connectivity index (χ1) is 8.40. The molecule has 0 radical (unpaired) electrons. The maximum atomic E-state index is 11.6. The van der Waals surface area contributed by atoms with Crippen LogP contribution in [-0.2, 0) is 10.0 Å². The summed E-state index contributed by atoms with van der Waals surface area (Å²) in [4.78, 5) is 2.43. The van der Waals surface area contributed by atoms with Crippen molar-refractivity contribution < 1.29 is 8.42 Å². The highest BCUT2D eigenvalue weighted by molar-refractivity contribution is 7.89. The molecular weight excluding hydrogens is 250 g/mol. The van der Waals surface area contributed by atoms with Gasteiger partial charge in [0.25, 0.3) is 0 Å². The number of benzene rings is 1. The fraction of sp³-hybridized carbons (Fsp3) is 0.500. The van der Waals surface area contributed by atoms with E-state index in [1.807, 2.05) is 12.1 Å². The van der Waals surface area contributed by atoms with E-state index in [1.165, 1.54) is 7.05 Å². The average Bonchev–Trinajstić information content (AvgIpc) is 2.35. The van der Waals surface area contributed by atoms with Gasteiger partial charge in [-0.05, 0) is 37.7 Å². The molecule has 0 atom stereocenters. The second kappa shape index (κ2) is 4.53. The van der Waals surface area contributed by atoms with Gasteiger partial charge in [0.1, 0.15) is 0 Å². The van der Waals surface area contributed by atoms with Crippen molar-refractivity contribution in [2.75, 3.05) is 25.0 Å². The molecule has 3 N–H and O–H groups in total. The first kappa shape index (κ1) is 13.3. The first-order valence-corrected chi connectivity index (χ1v) is 7.46. The Morgan fingerprint density at radius 3 is 2.33 bits per heavy atom. The van der Waals surface area contributed by atoms with Crippen LogP contribution >= 0.6 is 0 Å². The molecule has 0 amide bonds. The largest absolute Gasteiger partial charge is 0.368 e. The summed E-state index contributed by atoms with van der Waals surface area (Å²) in [6.45, 7) is 3.73. The lowest BCUT2D eigenvalue weighted by atomic mass is 9.88. The number of nitrogens with two attached hydrogens (primary N) is 1. The molecule has 1 fully saturated rings. The molecule has 0 saturated carbocycles. The number of nitrogens with one attached hydrogen (secondary N) is 1. The zero-order valence-electron chi connectivity index (χ0n) is 10.7. The van der Waals surface area contributed by atoms with E-state index in [4.69, 9.17) is 5.73 Å². The minimum atomic E-state index is -3.35. The second-order valence-corrected chi connectivity index (χ2v) is 6.66. The van der Waals surface area contributed by atoms with Gasteiger partial charge in [0.05, 0.1) is 10.4 Å². The predicted octanol–water partition coefficient (Wildman–Crippen LogP) is 0.522.